The minimum atomic E-state index is 0.232. The molecule has 1 aliphatic rings. The minimum absolute atomic E-state index is 0.232. The summed E-state index contributed by atoms with van der Waals surface area (Å²) in [6, 6.07) is 11.2. The maximum Gasteiger partial charge on any atom is 0.231 e. The lowest BCUT2D eigenvalue weighted by Crippen LogP contribution is -1.94. The van der Waals surface area contributed by atoms with Crippen molar-refractivity contribution in [3.8, 4) is 34.4 Å². The molecule has 2 heterocycles. The SMILES string of the molecule is COc1ccc(Cc2nc(-c3ccc4c(c3)OCO4)no2)cc1OC. The topological polar surface area (TPSA) is 75.8 Å². The molecule has 0 atom stereocenters. The van der Waals surface area contributed by atoms with Crippen LogP contribution in [0.5, 0.6) is 23.0 Å². The number of aromatic nitrogens is 2. The Hall–Kier alpha value is -3.22. The van der Waals surface area contributed by atoms with Crippen LogP contribution < -0.4 is 18.9 Å². The maximum atomic E-state index is 5.38. The number of rotatable bonds is 5. The van der Waals surface area contributed by atoms with Crippen LogP contribution >= 0.6 is 0 Å². The van der Waals surface area contributed by atoms with Crippen LogP contribution in [-0.2, 0) is 6.42 Å². The summed E-state index contributed by atoms with van der Waals surface area (Å²) in [5.41, 5.74) is 1.80. The van der Waals surface area contributed by atoms with Gasteiger partial charge in [0.05, 0.1) is 20.6 Å². The van der Waals surface area contributed by atoms with Gasteiger partial charge < -0.3 is 23.5 Å². The van der Waals surface area contributed by atoms with Crippen LogP contribution in [0.1, 0.15) is 11.5 Å². The molecular weight excluding hydrogens is 324 g/mol. The first-order chi connectivity index (χ1) is 12.3. The van der Waals surface area contributed by atoms with E-state index < -0.39 is 0 Å². The van der Waals surface area contributed by atoms with Crippen molar-refractivity contribution in [3.63, 3.8) is 0 Å². The smallest absolute Gasteiger partial charge is 0.231 e. The van der Waals surface area contributed by atoms with Crippen molar-refractivity contribution >= 4 is 0 Å². The van der Waals surface area contributed by atoms with E-state index in [1.807, 2.05) is 36.4 Å². The molecule has 0 aliphatic carbocycles. The number of methoxy groups -OCH3 is 2. The second-order valence-electron chi connectivity index (χ2n) is 5.45. The van der Waals surface area contributed by atoms with E-state index in [1.54, 1.807) is 14.2 Å². The Morgan fingerprint density at radius 3 is 2.64 bits per heavy atom. The van der Waals surface area contributed by atoms with Gasteiger partial charge in [0.2, 0.25) is 18.5 Å². The lowest BCUT2D eigenvalue weighted by Gasteiger charge is -2.08. The minimum Gasteiger partial charge on any atom is -0.493 e. The van der Waals surface area contributed by atoms with Crippen molar-refractivity contribution in [3.05, 3.63) is 47.9 Å². The standard InChI is InChI=1S/C18H16N2O5/c1-21-13-5-3-11(7-15(13)22-2)8-17-19-18(20-25-17)12-4-6-14-16(9-12)24-10-23-14/h3-7,9H,8,10H2,1-2H3. The molecule has 0 radical (unpaired) electrons. The summed E-state index contributed by atoms with van der Waals surface area (Å²) >= 11 is 0. The highest BCUT2D eigenvalue weighted by Crippen LogP contribution is 2.35. The molecule has 2 aromatic carbocycles. The number of hydrogen-bond acceptors (Lipinski definition) is 7. The second kappa shape index (κ2) is 6.35. The van der Waals surface area contributed by atoms with Crippen LogP contribution in [0.3, 0.4) is 0 Å². The van der Waals surface area contributed by atoms with E-state index in [0.717, 1.165) is 16.9 Å². The predicted octanol–water partition coefficient (Wildman–Crippen LogP) is 3.07. The summed E-state index contributed by atoms with van der Waals surface area (Å²) < 4.78 is 26.6. The molecule has 0 saturated heterocycles. The van der Waals surface area contributed by atoms with Crippen LogP contribution in [-0.4, -0.2) is 31.2 Å². The van der Waals surface area contributed by atoms with Gasteiger partial charge in [0, 0.05) is 5.56 Å². The fraction of sp³-hybridized carbons (Fsp3) is 0.222. The normalized spacial score (nSPS) is 12.2. The van der Waals surface area contributed by atoms with Crippen LogP contribution in [0.15, 0.2) is 40.9 Å². The van der Waals surface area contributed by atoms with E-state index in [9.17, 15) is 0 Å². The predicted molar refractivity (Wildman–Crippen MR) is 88.2 cm³/mol. The van der Waals surface area contributed by atoms with Crippen molar-refractivity contribution < 1.29 is 23.5 Å². The Balaban J connectivity index is 1.55. The molecular formula is C18H16N2O5. The number of fused-ring (bicyclic) bond motifs is 1. The van der Waals surface area contributed by atoms with E-state index in [4.69, 9.17) is 23.5 Å². The number of hydrogen-bond donors (Lipinski definition) is 0. The molecule has 0 unspecified atom stereocenters. The molecule has 1 aromatic heterocycles. The van der Waals surface area contributed by atoms with Crippen molar-refractivity contribution in [1.82, 2.24) is 10.1 Å². The second-order valence-corrected chi connectivity index (χ2v) is 5.45. The summed E-state index contributed by atoms with van der Waals surface area (Å²) in [6.45, 7) is 0.232. The number of ether oxygens (including phenoxy) is 4. The number of nitrogens with zero attached hydrogens (tertiary/aromatic N) is 2. The van der Waals surface area contributed by atoms with Crippen molar-refractivity contribution in [2.75, 3.05) is 21.0 Å². The third-order valence-electron chi connectivity index (χ3n) is 3.90. The summed E-state index contributed by atoms with van der Waals surface area (Å²) in [4.78, 5) is 4.45. The van der Waals surface area contributed by atoms with Crippen molar-refractivity contribution in [2.45, 2.75) is 6.42 Å². The first-order valence-electron chi connectivity index (χ1n) is 7.70. The largest absolute Gasteiger partial charge is 0.493 e. The maximum absolute atomic E-state index is 5.38. The third-order valence-corrected chi connectivity index (χ3v) is 3.90. The fourth-order valence-corrected chi connectivity index (χ4v) is 2.64. The molecule has 0 amide bonds. The Morgan fingerprint density at radius 1 is 0.960 bits per heavy atom. The van der Waals surface area contributed by atoms with E-state index in [0.29, 0.717) is 35.4 Å². The highest BCUT2D eigenvalue weighted by atomic mass is 16.7. The average Bonchev–Trinajstić information content (AvgIpc) is 3.30. The van der Waals surface area contributed by atoms with E-state index in [2.05, 4.69) is 10.1 Å². The van der Waals surface area contributed by atoms with Gasteiger partial charge in [-0.1, -0.05) is 11.2 Å². The molecule has 3 aromatic rings. The monoisotopic (exact) mass is 340 g/mol. The molecule has 0 bridgehead atoms. The lowest BCUT2D eigenvalue weighted by atomic mass is 10.1. The van der Waals surface area contributed by atoms with E-state index in [1.165, 1.54) is 0 Å². The van der Waals surface area contributed by atoms with Gasteiger partial charge in [0.25, 0.3) is 0 Å². The van der Waals surface area contributed by atoms with Gasteiger partial charge in [-0.2, -0.15) is 4.98 Å². The number of benzene rings is 2. The molecule has 0 spiro atoms. The zero-order valence-electron chi connectivity index (χ0n) is 13.8. The van der Waals surface area contributed by atoms with Crippen LogP contribution in [0.25, 0.3) is 11.4 Å². The van der Waals surface area contributed by atoms with Crippen LogP contribution in [0.2, 0.25) is 0 Å². The molecule has 4 rings (SSSR count). The molecule has 7 nitrogen and oxygen atoms in total. The quantitative estimate of drug-likeness (QED) is 0.706. The first-order valence-corrected chi connectivity index (χ1v) is 7.70. The molecule has 0 fully saturated rings. The molecule has 0 N–H and O–H groups in total. The zero-order chi connectivity index (χ0) is 17.2. The van der Waals surface area contributed by atoms with E-state index >= 15 is 0 Å². The van der Waals surface area contributed by atoms with Gasteiger partial charge in [-0.25, -0.2) is 0 Å². The summed E-state index contributed by atoms with van der Waals surface area (Å²) in [6.07, 6.45) is 0.498. The molecule has 25 heavy (non-hydrogen) atoms. The third kappa shape index (κ3) is 2.96. The zero-order valence-corrected chi connectivity index (χ0v) is 13.8. The molecule has 0 saturated carbocycles. The Bertz CT molecular complexity index is 906. The highest BCUT2D eigenvalue weighted by molar-refractivity contribution is 5.61. The fourth-order valence-electron chi connectivity index (χ4n) is 2.64. The summed E-state index contributed by atoms with van der Waals surface area (Å²) in [7, 11) is 3.21. The van der Waals surface area contributed by atoms with Crippen LogP contribution in [0.4, 0.5) is 0 Å². The van der Waals surface area contributed by atoms with Gasteiger partial charge in [0.1, 0.15) is 0 Å². The Morgan fingerprint density at radius 2 is 1.80 bits per heavy atom. The lowest BCUT2D eigenvalue weighted by molar-refractivity contribution is 0.174. The van der Waals surface area contributed by atoms with Crippen molar-refractivity contribution in [1.29, 1.82) is 0 Å². The van der Waals surface area contributed by atoms with Crippen molar-refractivity contribution in [2.24, 2.45) is 0 Å². The Kier molecular flexibility index (Phi) is 3.89. The van der Waals surface area contributed by atoms with E-state index in [-0.39, 0.29) is 6.79 Å². The van der Waals surface area contributed by atoms with Crippen LogP contribution in [0, 0.1) is 0 Å². The van der Waals surface area contributed by atoms with Gasteiger partial charge in [0.15, 0.2) is 23.0 Å². The summed E-state index contributed by atoms with van der Waals surface area (Å²) in [5.74, 6) is 3.77. The molecule has 1 aliphatic heterocycles. The van der Waals surface area contributed by atoms with Gasteiger partial charge >= 0.3 is 0 Å². The molecule has 7 heteroatoms. The van der Waals surface area contributed by atoms with Gasteiger partial charge in [-0.15, -0.1) is 0 Å². The van der Waals surface area contributed by atoms with Gasteiger partial charge in [-0.05, 0) is 35.9 Å². The summed E-state index contributed by atoms with van der Waals surface area (Å²) in [5, 5.41) is 4.05. The van der Waals surface area contributed by atoms with Gasteiger partial charge in [-0.3, -0.25) is 0 Å². The first kappa shape index (κ1) is 15.3. The Labute approximate surface area is 144 Å². The molecule has 128 valence electrons. The average molecular weight is 340 g/mol. The highest BCUT2D eigenvalue weighted by Gasteiger charge is 2.17.